The van der Waals surface area contributed by atoms with Gasteiger partial charge in [0, 0.05) is 0 Å². The van der Waals surface area contributed by atoms with Crippen molar-refractivity contribution in [2.24, 2.45) is 0 Å². The second kappa shape index (κ2) is 9.20. The third-order valence-corrected chi connectivity index (χ3v) is 12.0. The number of benzene rings is 9. The van der Waals surface area contributed by atoms with Crippen LogP contribution in [0.5, 0.6) is 0 Å². The molecule has 0 nitrogen and oxygen atoms in total. The standard InChI is InChI=1S/C50H38/c1-49(2,3)41-24-22-37-35-20-18-31(33-14-10-27-12-16-39(41)47(37)43(27)45(33)35)29-8-7-9-30(26-29)32-19-21-36-38-23-25-42(50(4,5)6)40-17-13-28-11-15-34(32)46(36)44(28)48(38)40/h7-26H,1-6H3. The van der Waals surface area contributed by atoms with E-state index in [1.165, 1.54) is 120 Å². The molecule has 0 fully saturated rings. The molecule has 9 aromatic rings. The molecule has 11 rings (SSSR count). The second-order valence-corrected chi connectivity index (χ2v) is 16.9. The molecule has 0 N–H and O–H groups in total. The summed E-state index contributed by atoms with van der Waals surface area (Å²) in [6.07, 6.45) is 0. The van der Waals surface area contributed by atoms with Crippen molar-refractivity contribution < 1.29 is 0 Å². The second-order valence-electron chi connectivity index (χ2n) is 16.9. The Kier molecular flexibility index (Phi) is 5.22. The highest BCUT2D eigenvalue weighted by Gasteiger charge is 2.28. The maximum atomic E-state index is 2.42. The van der Waals surface area contributed by atoms with Gasteiger partial charge in [0.1, 0.15) is 0 Å². The van der Waals surface area contributed by atoms with E-state index in [4.69, 9.17) is 0 Å². The molecule has 0 aromatic heterocycles. The van der Waals surface area contributed by atoms with Gasteiger partial charge in [-0.1, -0.05) is 157 Å². The first kappa shape index (κ1) is 28.4. The summed E-state index contributed by atoms with van der Waals surface area (Å²) in [5.41, 5.74) is 13.6. The Bertz CT molecular complexity index is 2820. The zero-order valence-corrected chi connectivity index (χ0v) is 29.5. The van der Waals surface area contributed by atoms with Gasteiger partial charge < -0.3 is 0 Å². The molecule has 0 bridgehead atoms. The van der Waals surface area contributed by atoms with Crippen molar-refractivity contribution in [1.82, 2.24) is 0 Å². The molecule has 9 aromatic carbocycles. The Morgan fingerprint density at radius 2 is 0.640 bits per heavy atom. The van der Waals surface area contributed by atoms with Crippen LogP contribution in [-0.4, -0.2) is 0 Å². The predicted molar refractivity (Wildman–Crippen MR) is 218 cm³/mol. The molecule has 238 valence electrons. The van der Waals surface area contributed by atoms with Crippen molar-refractivity contribution in [2.45, 2.75) is 52.4 Å². The molecule has 0 heteroatoms. The van der Waals surface area contributed by atoms with Crippen LogP contribution in [0.4, 0.5) is 0 Å². The Hall–Kier alpha value is -5.46. The van der Waals surface area contributed by atoms with Crippen LogP contribution in [0.25, 0.3) is 109 Å². The third kappa shape index (κ3) is 3.51. The number of hydrogen-bond donors (Lipinski definition) is 0. The van der Waals surface area contributed by atoms with Crippen molar-refractivity contribution in [3.8, 4) is 44.5 Å². The number of hydrogen-bond acceptors (Lipinski definition) is 0. The van der Waals surface area contributed by atoms with E-state index in [0.29, 0.717) is 0 Å². The summed E-state index contributed by atoms with van der Waals surface area (Å²) in [4.78, 5) is 0. The van der Waals surface area contributed by atoms with Gasteiger partial charge in [-0.25, -0.2) is 0 Å². The lowest BCUT2D eigenvalue weighted by Crippen LogP contribution is -2.11. The molecule has 0 heterocycles. The van der Waals surface area contributed by atoms with Crippen molar-refractivity contribution in [3.63, 3.8) is 0 Å². The maximum Gasteiger partial charge on any atom is -0.00139 e. The Morgan fingerprint density at radius 1 is 0.300 bits per heavy atom. The summed E-state index contributed by atoms with van der Waals surface area (Å²) in [6, 6.07) is 47.0. The summed E-state index contributed by atoms with van der Waals surface area (Å²) in [5.74, 6) is 0. The van der Waals surface area contributed by atoms with Crippen LogP contribution in [0.3, 0.4) is 0 Å². The SMILES string of the molecule is CC(C)(C)c1ccc2c3c1ccc1ccc4c(-c5cccc(-c6ccc7c8c6ccc6ccc9c(C(C)(C)C)ccc-7c9c68)c5)ccc-2c4c13. The zero-order valence-electron chi connectivity index (χ0n) is 29.5. The van der Waals surface area contributed by atoms with Crippen LogP contribution >= 0.6 is 0 Å². The highest BCUT2D eigenvalue weighted by molar-refractivity contribution is 6.36. The van der Waals surface area contributed by atoms with Crippen LogP contribution in [0.15, 0.2) is 121 Å². The van der Waals surface area contributed by atoms with E-state index in [2.05, 4.69) is 163 Å². The average Bonchev–Trinajstić information content (AvgIpc) is 3.64. The van der Waals surface area contributed by atoms with Crippen LogP contribution < -0.4 is 0 Å². The average molecular weight is 639 g/mol. The molecule has 0 atom stereocenters. The highest BCUT2D eigenvalue weighted by Crippen LogP contribution is 2.53. The van der Waals surface area contributed by atoms with Gasteiger partial charge in [-0.15, -0.1) is 0 Å². The summed E-state index contributed by atoms with van der Waals surface area (Å²) in [7, 11) is 0. The molecule has 2 aliphatic carbocycles. The zero-order chi connectivity index (χ0) is 33.8. The van der Waals surface area contributed by atoms with Gasteiger partial charge in [-0.2, -0.15) is 0 Å². The van der Waals surface area contributed by atoms with E-state index in [9.17, 15) is 0 Å². The van der Waals surface area contributed by atoms with Crippen molar-refractivity contribution in [3.05, 3.63) is 132 Å². The van der Waals surface area contributed by atoms with Gasteiger partial charge in [0.2, 0.25) is 0 Å². The molecule has 0 unspecified atom stereocenters. The van der Waals surface area contributed by atoms with Crippen LogP contribution in [0.1, 0.15) is 52.7 Å². The molecule has 0 aliphatic heterocycles. The molecule has 0 amide bonds. The quantitative estimate of drug-likeness (QED) is 0.165. The van der Waals surface area contributed by atoms with Gasteiger partial charge in [0.05, 0.1) is 0 Å². The lowest BCUT2D eigenvalue weighted by molar-refractivity contribution is 0.596. The van der Waals surface area contributed by atoms with E-state index in [-0.39, 0.29) is 10.8 Å². The van der Waals surface area contributed by atoms with Crippen LogP contribution in [-0.2, 0) is 10.8 Å². The topological polar surface area (TPSA) is 0 Å². The smallest absolute Gasteiger partial charge is 0.00139 e. The number of fused-ring (bicyclic) bond motifs is 2. The maximum absolute atomic E-state index is 2.42. The van der Waals surface area contributed by atoms with Gasteiger partial charge in [-0.3, -0.25) is 0 Å². The minimum absolute atomic E-state index is 0.0821. The molecular formula is C50H38. The van der Waals surface area contributed by atoms with Crippen molar-refractivity contribution in [2.75, 3.05) is 0 Å². The van der Waals surface area contributed by atoms with Gasteiger partial charge in [0.15, 0.2) is 0 Å². The molecule has 50 heavy (non-hydrogen) atoms. The minimum atomic E-state index is 0.0821. The van der Waals surface area contributed by atoms with Crippen LogP contribution in [0, 0.1) is 0 Å². The molecule has 0 saturated heterocycles. The van der Waals surface area contributed by atoms with E-state index in [0.717, 1.165) is 0 Å². The molecular weight excluding hydrogens is 601 g/mol. The largest absolute Gasteiger partial charge is 0.0610 e. The van der Waals surface area contributed by atoms with Gasteiger partial charge >= 0.3 is 0 Å². The first-order chi connectivity index (χ1) is 24.1. The monoisotopic (exact) mass is 638 g/mol. The normalized spacial score (nSPS) is 13.4. The van der Waals surface area contributed by atoms with Crippen molar-refractivity contribution >= 4 is 64.6 Å². The predicted octanol–water partition coefficient (Wildman–Crippen LogP) is 14.5. The Morgan fingerprint density at radius 3 is 1.04 bits per heavy atom. The van der Waals surface area contributed by atoms with E-state index < -0.39 is 0 Å². The van der Waals surface area contributed by atoms with Crippen LogP contribution in [0.2, 0.25) is 0 Å². The highest BCUT2D eigenvalue weighted by atomic mass is 14.3. The molecule has 0 saturated carbocycles. The Balaban J connectivity index is 1.12. The van der Waals surface area contributed by atoms with E-state index in [1.54, 1.807) is 0 Å². The van der Waals surface area contributed by atoms with E-state index >= 15 is 0 Å². The fourth-order valence-corrected chi connectivity index (χ4v) is 9.78. The van der Waals surface area contributed by atoms with Crippen molar-refractivity contribution in [1.29, 1.82) is 0 Å². The summed E-state index contributed by atoms with van der Waals surface area (Å²) >= 11 is 0. The lowest BCUT2D eigenvalue weighted by Gasteiger charge is -2.22. The van der Waals surface area contributed by atoms with Gasteiger partial charge in [0.25, 0.3) is 0 Å². The van der Waals surface area contributed by atoms with Gasteiger partial charge in [-0.05, 0) is 137 Å². The first-order valence-corrected chi connectivity index (χ1v) is 18.1. The third-order valence-electron chi connectivity index (χ3n) is 12.0. The minimum Gasteiger partial charge on any atom is -0.0610 e. The number of rotatable bonds is 2. The Labute approximate surface area is 293 Å². The van der Waals surface area contributed by atoms with E-state index in [1.807, 2.05) is 0 Å². The molecule has 2 aliphatic rings. The lowest BCUT2D eigenvalue weighted by atomic mass is 9.82. The fourth-order valence-electron chi connectivity index (χ4n) is 9.78. The first-order valence-electron chi connectivity index (χ1n) is 18.1. The summed E-state index contributed by atoms with van der Waals surface area (Å²) < 4.78 is 0. The fraction of sp³-hybridized carbons (Fsp3) is 0.160. The summed E-state index contributed by atoms with van der Waals surface area (Å²) in [6.45, 7) is 14.0. The molecule has 0 radical (unpaired) electrons. The summed E-state index contributed by atoms with van der Waals surface area (Å²) in [5, 5.41) is 16.6. The molecule has 0 spiro atoms.